The summed E-state index contributed by atoms with van der Waals surface area (Å²) in [5.74, 6) is 0.603. The summed E-state index contributed by atoms with van der Waals surface area (Å²) in [7, 11) is 1.76. The van der Waals surface area contributed by atoms with E-state index in [9.17, 15) is 0 Å². The van der Waals surface area contributed by atoms with Crippen LogP contribution in [0.4, 0.5) is 0 Å². The summed E-state index contributed by atoms with van der Waals surface area (Å²) in [5.41, 5.74) is 0. The Morgan fingerprint density at radius 1 is 1.30 bits per heavy atom. The van der Waals surface area contributed by atoms with Crippen molar-refractivity contribution in [1.29, 1.82) is 0 Å². The molecule has 1 aliphatic carbocycles. The second-order valence-electron chi connectivity index (χ2n) is 5.14. The van der Waals surface area contributed by atoms with E-state index in [0.717, 1.165) is 35.9 Å². The lowest BCUT2D eigenvalue weighted by Crippen LogP contribution is -2.29. The van der Waals surface area contributed by atoms with E-state index in [-0.39, 0.29) is 17.5 Å². The Hall–Kier alpha value is -0.910. The van der Waals surface area contributed by atoms with Gasteiger partial charge in [-0.15, -0.1) is 11.3 Å². The van der Waals surface area contributed by atoms with Crippen molar-refractivity contribution in [2.45, 2.75) is 44.8 Å². The highest BCUT2D eigenvalue weighted by molar-refractivity contribution is 7.18. The van der Waals surface area contributed by atoms with E-state index in [1.54, 1.807) is 18.4 Å². The van der Waals surface area contributed by atoms with E-state index >= 15 is 0 Å². The Kier molecular flexibility index (Phi) is 4.10. The number of thiophene rings is 1. The Morgan fingerprint density at radius 2 is 2.10 bits per heavy atom. The standard InChI is InChI=1S/C14H17ClN2O2S/c1-8-6-11-12(16-14(15)17-13(11)20-8)19-10-5-3-4-9(7-10)18-2/h6,9-10H,3-5,7H2,1-2H3. The molecule has 2 aromatic heterocycles. The maximum atomic E-state index is 6.09. The summed E-state index contributed by atoms with van der Waals surface area (Å²) in [6.07, 6.45) is 4.59. The first-order valence-corrected chi connectivity index (χ1v) is 7.98. The average Bonchev–Trinajstić information content (AvgIpc) is 2.79. The molecule has 0 radical (unpaired) electrons. The first-order chi connectivity index (χ1) is 9.65. The van der Waals surface area contributed by atoms with Crippen LogP contribution in [0.1, 0.15) is 30.6 Å². The molecule has 1 fully saturated rings. The minimum Gasteiger partial charge on any atom is -0.474 e. The minimum atomic E-state index is 0.142. The zero-order valence-corrected chi connectivity index (χ0v) is 13.1. The number of fused-ring (bicyclic) bond motifs is 1. The van der Waals surface area contributed by atoms with Gasteiger partial charge in [-0.3, -0.25) is 0 Å². The lowest BCUT2D eigenvalue weighted by Gasteiger charge is -2.28. The predicted octanol–water partition coefficient (Wildman–Crippen LogP) is 3.99. The second kappa shape index (κ2) is 5.84. The fraction of sp³-hybridized carbons (Fsp3) is 0.571. The van der Waals surface area contributed by atoms with Crippen LogP contribution < -0.4 is 4.74 Å². The van der Waals surface area contributed by atoms with Crippen LogP contribution in [-0.4, -0.2) is 29.3 Å². The number of methoxy groups -OCH3 is 1. The van der Waals surface area contributed by atoms with Crippen molar-refractivity contribution in [1.82, 2.24) is 9.97 Å². The number of hydrogen-bond acceptors (Lipinski definition) is 5. The van der Waals surface area contributed by atoms with Crippen molar-refractivity contribution in [2.75, 3.05) is 7.11 Å². The summed E-state index contributed by atoms with van der Waals surface area (Å²) in [6, 6.07) is 2.06. The molecule has 2 heterocycles. The summed E-state index contributed by atoms with van der Waals surface area (Å²) < 4.78 is 11.5. The molecule has 0 spiro atoms. The first kappa shape index (κ1) is 14.0. The van der Waals surface area contributed by atoms with Crippen LogP contribution in [0.2, 0.25) is 5.28 Å². The molecular formula is C14H17ClN2O2S. The van der Waals surface area contributed by atoms with Crippen LogP contribution in [0.25, 0.3) is 10.2 Å². The van der Waals surface area contributed by atoms with Gasteiger partial charge in [0, 0.05) is 18.4 Å². The molecule has 6 heteroatoms. The van der Waals surface area contributed by atoms with E-state index in [1.807, 2.05) is 6.92 Å². The number of halogens is 1. The molecular weight excluding hydrogens is 296 g/mol. The van der Waals surface area contributed by atoms with Gasteiger partial charge in [0.2, 0.25) is 11.2 Å². The third kappa shape index (κ3) is 2.90. The number of aryl methyl sites for hydroxylation is 1. The van der Waals surface area contributed by atoms with Crippen LogP contribution in [-0.2, 0) is 4.74 Å². The van der Waals surface area contributed by atoms with Gasteiger partial charge in [-0.25, -0.2) is 4.98 Å². The van der Waals surface area contributed by atoms with Gasteiger partial charge >= 0.3 is 0 Å². The highest BCUT2D eigenvalue weighted by Crippen LogP contribution is 2.33. The largest absolute Gasteiger partial charge is 0.474 e. The molecule has 2 unspecified atom stereocenters. The van der Waals surface area contributed by atoms with Crippen LogP contribution in [0.3, 0.4) is 0 Å². The van der Waals surface area contributed by atoms with E-state index in [4.69, 9.17) is 21.1 Å². The van der Waals surface area contributed by atoms with E-state index in [1.165, 1.54) is 4.88 Å². The highest BCUT2D eigenvalue weighted by Gasteiger charge is 2.24. The average molecular weight is 313 g/mol. The molecule has 2 atom stereocenters. The van der Waals surface area contributed by atoms with Crippen molar-refractivity contribution < 1.29 is 9.47 Å². The maximum Gasteiger partial charge on any atom is 0.227 e. The molecule has 1 aliphatic rings. The monoisotopic (exact) mass is 312 g/mol. The zero-order chi connectivity index (χ0) is 14.1. The van der Waals surface area contributed by atoms with Gasteiger partial charge in [0.1, 0.15) is 10.9 Å². The first-order valence-electron chi connectivity index (χ1n) is 6.79. The molecule has 0 N–H and O–H groups in total. The predicted molar refractivity (Wildman–Crippen MR) is 80.8 cm³/mol. The third-order valence-electron chi connectivity index (χ3n) is 3.64. The topological polar surface area (TPSA) is 44.2 Å². The fourth-order valence-corrected chi connectivity index (χ4v) is 3.74. The van der Waals surface area contributed by atoms with Crippen LogP contribution in [0.15, 0.2) is 6.07 Å². The van der Waals surface area contributed by atoms with Crippen molar-refractivity contribution >= 4 is 33.2 Å². The second-order valence-corrected chi connectivity index (χ2v) is 6.71. The van der Waals surface area contributed by atoms with E-state index in [0.29, 0.717) is 5.88 Å². The summed E-state index contributed by atoms with van der Waals surface area (Å²) in [4.78, 5) is 10.6. The molecule has 2 aromatic rings. The smallest absolute Gasteiger partial charge is 0.227 e. The number of ether oxygens (including phenoxy) is 2. The van der Waals surface area contributed by atoms with Gasteiger partial charge in [-0.1, -0.05) is 0 Å². The molecule has 0 aliphatic heterocycles. The normalized spacial score (nSPS) is 23.1. The van der Waals surface area contributed by atoms with Gasteiger partial charge in [0.15, 0.2) is 0 Å². The van der Waals surface area contributed by atoms with E-state index in [2.05, 4.69) is 16.0 Å². The van der Waals surface area contributed by atoms with Crippen molar-refractivity contribution in [3.8, 4) is 5.88 Å². The lowest BCUT2D eigenvalue weighted by molar-refractivity contribution is 0.0200. The van der Waals surface area contributed by atoms with Gasteiger partial charge in [0.05, 0.1) is 11.5 Å². The molecule has 108 valence electrons. The summed E-state index contributed by atoms with van der Waals surface area (Å²) in [6.45, 7) is 2.05. The molecule has 0 saturated heterocycles. The fourth-order valence-electron chi connectivity index (χ4n) is 2.66. The van der Waals surface area contributed by atoms with Crippen molar-refractivity contribution in [2.24, 2.45) is 0 Å². The number of hydrogen-bond donors (Lipinski definition) is 0. The molecule has 0 amide bonds. The molecule has 0 bridgehead atoms. The Balaban J connectivity index is 1.86. The van der Waals surface area contributed by atoms with Crippen molar-refractivity contribution in [3.63, 3.8) is 0 Å². The quantitative estimate of drug-likeness (QED) is 0.804. The van der Waals surface area contributed by atoms with Gasteiger partial charge < -0.3 is 9.47 Å². The molecule has 1 saturated carbocycles. The molecule has 4 nitrogen and oxygen atoms in total. The number of aromatic nitrogens is 2. The zero-order valence-electron chi connectivity index (χ0n) is 11.6. The lowest BCUT2D eigenvalue weighted by atomic mass is 9.95. The van der Waals surface area contributed by atoms with Crippen LogP contribution in [0, 0.1) is 6.92 Å². The Morgan fingerprint density at radius 3 is 2.90 bits per heavy atom. The number of nitrogens with zero attached hydrogens (tertiary/aromatic N) is 2. The van der Waals surface area contributed by atoms with Crippen LogP contribution in [0.5, 0.6) is 5.88 Å². The summed E-state index contributed by atoms with van der Waals surface area (Å²) >= 11 is 7.59. The third-order valence-corrected chi connectivity index (χ3v) is 4.76. The maximum absolute atomic E-state index is 6.09. The van der Waals surface area contributed by atoms with Crippen LogP contribution >= 0.6 is 22.9 Å². The van der Waals surface area contributed by atoms with Crippen molar-refractivity contribution in [3.05, 3.63) is 16.2 Å². The molecule has 3 rings (SSSR count). The molecule has 0 aromatic carbocycles. The Labute approximate surface area is 127 Å². The SMILES string of the molecule is COC1CCCC(Oc2nc(Cl)nc3sc(C)cc23)C1. The molecule has 20 heavy (non-hydrogen) atoms. The highest BCUT2D eigenvalue weighted by atomic mass is 35.5. The summed E-state index contributed by atoms with van der Waals surface area (Å²) in [5, 5.41) is 1.20. The van der Waals surface area contributed by atoms with Gasteiger partial charge in [0.25, 0.3) is 0 Å². The van der Waals surface area contributed by atoms with Gasteiger partial charge in [-0.2, -0.15) is 4.98 Å². The Bertz CT molecular complexity index is 616. The minimum absolute atomic E-state index is 0.142. The van der Waals surface area contributed by atoms with E-state index < -0.39 is 0 Å². The van der Waals surface area contributed by atoms with Gasteiger partial charge in [-0.05, 0) is 43.9 Å². The number of rotatable bonds is 3.